The maximum atomic E-state index is 12.1. The van der Waals surface area contributed by atoms with Crippen LogP contribution in [0.5, 0.6) is 0 Å². The highest BCUT2D eigenvalue weighted by Crippen LogP contribution is 2.18. The van der Waals surface area contributed by atoms with Gasteiger partial charge in [0.2, 0.25) is 0 Å². The first-order chi connectivity index (χ1) is 15.2. The Kier molecular flexibility index (Phi) is 12.3. The second-order valence-electron chi connectivity index (χ2n) is 8.24. The van der Waals surface area contributed by atoms with Crippen LogP contribution in [0.4, 0.5) is 0 Å². The van der Waals surface area contributed by atoms with Crippen molar-refractivity contribution in [3.8, 4) is 0 Å². The Balaban J connectivity index is 0.00000363. The van der Waals surface area contributed by atoms with E-state index >= 15 is 0 Å². The predicted molar refractivity (Wildman–Crippen MR) is 139 cm³/mol. The van der Waals surface area contributed by atoms with Crippen molar-refractivity contribution in [2.75, 3.05) is 39.4 Å². The normalized spacial score (nSPS) is 19.9. The van der Waals surface area contributed by atoms with Crippen molar-refractivity contribution in [2.24, 2.45) is 4.99 Å². The Bertz CT molecular complexity index is 717. The second-order valence-corrected chi connectivity index (χ2v) is 8.24. The molecule has 0 aromatic heterocycles. The highest BCUT2D eigenvalue weighted by molar-refractivity contribution is 14.0. The van der Waals surface area contributed by atoms with Crippen LogP contribution >= 0.6 is 24.0 Å². The van der Waals surface area contributed by atoms with Crippen molar-refractivity contribution in [3.63, 3.8) is 0 Å². The molecule has 2 aliphatic heterocycles. The van der Waals surface area contributed by atoms with Crippen molar-refractivity contribution in [1.82, 2.24) is 15.5 Å². The van der Waals surface area contributed by atoms with E-state index < -0.39 is 0 Å². The number of likely N-dealkylation sites (tertiary alicyclic amines) is 1. The molecule has 8 heteroatoms. The summed E-state index contributed by atoms with van der Waals surface area (Å²) in [5.74, 6) is 0.890. The monoisotopic (exact) mass is 558 g/mol. The number of hydrogen-bond donors (Lipinski definition) is 2. The topological polar surface area (TPSA) is 75.2 Å². The fourth-order valence-electron chi connectivity index (χ4n) is 4.08. The van der Waals surface area contributed by atoms with E-state index in [0.717, 1.165) is 63.6 Å². The number of amides is 1. The lowest BCUT2D eigenvalue weighted by Gasteiger charge is -2.35. The van der Waals surface area contributed by atoms with E-state index in [2.05, 4.69) is 22.5 Å². The van der Waals surface area contributed by atoms with Gasteiger partial charge in [-0.2, -0.15) is 0 Å². The summed E-state index contributed by atoms with van der Waals surface area (Å²) >= 11 is 0. The molecule has 2 heterocycles. The van der Waals surface area contributed by atoms with Crippen molar-refractivity contribution in [1.29, 1.82) is 0 Å². The summed E-state index contributed by atoms with van der Waals surface area (Å²) in [7, 11) is 0. The lowest BCUT2D eigenvalue weighted by atomic mass is 10.1. The molecule has 0 bridgehead atoms. The maximum Gasteiger partial charge on any atom is 0.251 e. The molecule has 180 valence electrons. The summed E-state index contributed by atoms with van der Waals surface area (Å²) in [6.07, 6.45) is 6.14. The fraction of sp³-hybridized carbons (Fsp3) is 0.667. The largest absolute Gasteiger partial charge is 0.376 e. The van der Waals surface area contributed by atoms with Crippen LogP contribution in [0, 0.1) is 0 Å². The molecule has 2 fully saturated rings. The third kappa shape index (κ3) is 8.51. The first kappa shape index (κ1) is 26.9. The highest BCUT2D eigenvalue weighted by atomic mass is 127. The smallest absolute Gasteiger partial charge is 0.251 e. The average molecular weight is 559 g/mol. The number of piperidine rings is 1. The van der Waals surface area contributed by atoms with Crippen LogP contribution < -0.4 is 10.6 Å². The summed E-state index contributed by atoms with van der Waals surface area (Å²) in [6, 6.07) is 7.70. The van der Waals surface area contributed by atoms with E-state index in [-0.39, 0.29) is 36.0 Å². The second kappa shape index (κ2) is 14.7. The fourth-order valence-corrected chi connectivity index (χ4v) is 4.08. The Morgan fingerprint density at radius 2 is 1.94 bits per heavy atom. The molecule has 1 aromatic rings. The SMILES string of the molecule is CCNC(=O)c1cccc(CN=C(NCC)N2CCC(OCC3CCCCO3)CC2)c1.I. The number of carbonyl (C=O) groups excluding carboxylic acids is 1. The molecule has 0 aliphatic carbocycles. The molecule has 1 atom stereocenters. The minimum absolute atomic E-state index is 0. The molecule has 0 spiro atoms. The van der Waals surface area contributed by atoms with Gasteiger partial charge in [-0.15, -0.1) is 24.0 Å². The molecule has 2 saturated heterocycles. The van der Waals surface area contributed by atoms with Gasteiger partial charge in [-0.25, -0.2) is 4.99 Å². The molecule has 2 aliphatic rings. The van der Waals surface area contributed by atoms with Gasteiger partial charge in [-0.1, -0.05) is 12.1 Å². The quantitative estimate of drug-likeness (QED) is 0.290. The molecule has 7 nitrogen and oxygen atoms in total. The first-order valence-electron chi connectivity index (χ1n) is 11.8. The zero-order valence-corrected chi connectivity index (χ0v) is 21.8. The number of nitrogens with zero attached hydrogens (tertiary/aromatic N) is 2. The van der Waals surface area contributed by atoms with Gasteiger partial charge in [-0.3, -0.25) is 4.79 Å². The van der Waals surface area contributed by atoms with Crippen molar-refractivity contribution >= 4 is 35.8 Å². The third-order valence-electron chi connectivity index (χ3n) is 5.81. The maximum absolute atomic E-state index is 12.1. The van der Waals surface area contributed by atoms with Crippen LogP contribution in [-0.4, -0.2) is 68.4 Å². The molecule has 32 heavy (non-hydrogen) atoms. The number of rotatable bonds is 8. The number of nitrogens with one attached hydrogen (secondary N) is 2. The van der Waals surface area contributed by atoms with E-state index in [0.29, 0.717) is 24.8 Å². The zero-order chi connectivity index (χ0) is 21.9. The average Bonchev–Trinajstić information content (AvgIpc) is 2.82. The van der Waals surface area contributed by atoms with Crippen LogP contribution in [0.25, 0.3) is 0 Å². The molecular weight excluding hydrogens is 519 g/mol. The number of carbonyl (C=O) groups is 1. The van der Waals surface area contributed by atoms with Crippen LogP contribution in [0.3, 0.4) is 0 Å². The number of halogens is 1. The zero-order valence-electron chi connectivity index (χ0n) is 19.5. The third-order valence-corrected chi connectivity index (χ3v) is 5.81. The predicted octanol–water partition coefficient (Wildman–Crippen LogP) is 3.57. The molecule has 0 saturated carbocycles. The Morgan fingerprint density at radius 1 is 1.16 bits per heavy atom. The molecule has 1 aromatic carbocycles. The molecule has 1 unspecified atom stereocenters. The van der Waals surface area contributed by atoms with E-state index in [4.69, 9.17) is 14.5 Å². The van der Waals surface area contributed by atoms with Crippen LogP contribution in [-0.2, 0) is 16.0 Å². The van der Waals surface area contributed by atoms with Crippen LogP contribution in [0.2, 0.25) is 0 Å². The van der Waals surface area contributed by atoms with Gasteiger partial charge < -0.3 is 25.0 Å². The molecule has 3 rings (SSSR count). The van der Waals surface area contributed by atoms with Gasteiger partial charge in [-0.05, 0) is 63.6 Å². The minimum atomic E-state index is -0.0408. The number of guanidine groups is 1. The van der Waals surface area contributed by atoms with Gasteiger partial charge in [0.25, 0.3) is 5.91 Å². The summed E-state index contributed by atoms with van der Waals surface area (Å²) < 4.78 is 11.9. The Labute approximate surface area is 209 Å². The number of hydrogen-bond acceptors (Lipinski definition) is 4. The van der Waals surface area contributed by atoms with Gasteiger partial charge in [0.05, 0.1) is 25.4 Å². The van der Waals surface area contributed by atoms with Crippen molar-refractivity contribution in [3.05, 3.63) is 35.4 Å². The van der Waals surface area contributed by atoms with Crippen molar-refractivity contribution < 1.29 is 14.3 Å². The summed E-state index contributed by atoms with van der Waals surface area (Å²) in [6.45, 7) is 9.47. The Morgan fingerprint density at radius 3 is 2.62 bits per heavy atom. The van der Waals surface area contributed by atoms with Crippen LogP contribution in [0.15, 0.2) is 29.3 Å². The summed E-state index contributed by atoms with van der Waals surface area (Å²) in [5.41, 5.74) is 1.71. The van der Waals surface area contributed by atoms with Gasteiger partial charge >= 0.3 is 0 Å². The Hall–Kier alpha value is -1.39. The van der Waals surface area contributed by atoms with E-state index in [1.165, 1.54) is 12.8 Å². The molecule has 0 radical (unpaired) electrons. The van der Waals surface area contributed by atoms with E-state index in [1.54, 1.807) is 0 Å². The summed E-state index contributed by atoms with van der Waals surface area (Å²) in [4.78, 5) is 19.2. The summed E-state index contributed by atoms with van der Waals surface area (Å²) in [5, 5.41) is 6.26. The highest BCUT2D eigenvalue weighted by Gasteiger charge is 2.23. The first-order valence-corrected chi connectivity index (χ1v) is 11.8. The minimum Gasteiger partial charge on any atom is -0.376 e. The van der Waals surface area contributed by atoms with Gasteiger partial charge in [0.15, 0.2) is 5.96 Å². The van der Waals surface area contributed by atoms with Gasteiger partial charge in [0.1, 0.15) is 0 Å². The molecular formula is C24H39IN4O3. The lowest BCUT2D eigenvalue weighted by molar-refractivity contribution is -0.0721. The molecule has 1 amide bonds. The van der Waals surface area contributed by atoms with E-state index in [9.17, 15) is 4.79 Å². The standard InChI is InChI=1S/C24H38N4O3.HI/c1-3-25-23(29)20-9-7-8-19(16-20)17-27-24(26-4-2)28-13-11-21(12-14-28)31-18-22-10-5-6-15-30-22;/h7-9,16,21-22H,3-6,10-15,17-18H2,1-2H3,(H,25,29)(H,26,27);1H. The molecule has 2 N–H and O–H groups in total. The van der Waals surface area contributed by atoms with Crippen molar-refractivity contribution in [2.45, 2.75) is 64.7 Å². The number of benzene rings is 1. The number of ether oxygens (including phenoxy) is 2. The van der Waals surface area contributed by atoms with Crippen LogP contribution in [0.1, 0.15) is 61.9 Å². The van der Waals surface area contributed by atoms with E-state index in [1.807, 2.05) is 31.2 Å². The lowest BCUT2D eigenvalue weighted by Crippen LogP contribution is -2.47. The number of aliphatic imine (C=N–C) groups is 1. The van der Waals surface area contributed by atoms with Gasteiger partial charge in [0, 0.05) is 38.3 Å².